The van der Waals surface area contributed by atoms with Gasteiger partial charge in [-0.25, -0.2) is 9.97 Å². The minimum Gasteiger partial charge on any atom is -0.361 e. The molecule has 3 rings (SSSR count). The van der Waals surface area contributed by atoms with Gasteiger partial charge in [-0.2, -0.15) is 0 Å². The molecule has 0 radical (unpaired) electrons. The maximum atomic E-state index is 5.87. The van der Waals surface area contributed by atoms with E-state index >= 15 is 0 Å². The summed E-state index contributed by atoms with van der Waals surface area (Å²) in [6, 6.07) is 3.26. The predicted octanol–water partition coefficient (Wildman–Crippen LogP) is 4.49. The molecule has 3 heterocycles. The lowest BCUT2D eigenvalue weighted by Gasteiger charge is -2.24. The molecule has 0 N–H and O–H groups in total. The maximum Gasteiger partial charge on any atom is 0.147 e. The third-order valence-corrected chi connectivity index (χ3v) is 7.23. The number of thioether (sulfide) groups is 1. The van der Waals surface area contributed by atoms with Crippen LogP contribution in [-0.4, -0.2) is 41.5 Å². The van der Waals surface area contributed by atoms with Crippen LogP contribution in [-0.2, 0) is 11.5 Å². The molecule has 0 aromatic carbocycles. The zero-order chi connectivity index (χ0) is 17.2. The van der Waals surface area contributed by atoms with Crippen molar-refractivity contribution >= 4 is 52.6 Å². The van der Waals surface area contributed by atoms with Crippen molar-refractivity contribution < 1.29 is 4.74 Å². The number of hydrogen-bond acceptors (Lipinski definition) is 5. The first-order chi connectivity index (χ1) is 11.4. The number of anilines is 1. The summed E-state index contributed by atoms with van der Waals surface area (Å²) in [6.07, 6.45) is 5.77. The van der Waals surface area contributed by atoms with E-state index in [0.29, 0.717) is 6.73 Å². The van der Waals surface area contributed by atoms with Gasteiger partial charge in [0.2, 0.25) is 0 Å². The number of ether oxygens (including phenoxy) is 1. The Bertz CT molecular complexity index is 743. The molecule has 2 aromatic heterocycles. The highest BCUT2D eigenvalue weighted by Gasteiger charge is 2.17. The van der Waals surface area contributed by atoms with E-state index in [1.807, 2.05) is 18.0 Å². The molecule has 0 spiro atoms. The molecular weight excluding hydrogens is 404 g/mol. The Morgan fingerprint density at radius 1 is 1.33 bits per heavy atom. The van der Waals surface area contributed by atoms with Crippen molar-refractivity contribution in [2.75, 3.05) is 23.8 Å². The van der Waals surface area contributed by atoms with E-state index in [1.165, 1.54) is 6.04 Å². The van der Waals surface area contributed by atoms with Crippen molar-refractivity contribution in [1.82, 2.24) is 14.5 Å². The molecule has 130 valence electrons. The maximum absolute atomic E-state index is 5.87. The summed E-state index contributed by atoms with van der Waals surface area (Å²) >= 11 is 5.38. The van der Waals surface area contributed by atoms with Gasteiger partial charge in [0, 0.05) is 39.4 Å². The van der Waals surface area contributed by atoms with Gasteiger partial charge in [0.25, 0.3) is 0 Å². The zero-order valence-electron chi connectivity index (χ0n) is 14.3. The van der Waals surface area contributed by atoms with Crippen molar-refractivity contribution in [3.63, 3.8) is 0 Å². The van der Waals surface area contributed by atoms with Gasteiger partial charge in [-0.3, -0.25) is 0 Å². The molecule has 5 nitrogen and oxygen atoms in total. The van der Waals surface area contributed by atoms with Gasteiger partial charge in [-0.15, -0.1) is 11.8 Å². The Morgan fingerprint density at radius 3 is 2.92 bits per heavy atom. The zero-order valence-corrected chi connectivity index (χ0v) is 17.7. The van der Waals surface area contributed by atoms with Crippen LogP contribution in [0.3, 0.4) is 0 Å². The molecule has 0 amide bonds. The lowest BCUT2D eigenvalue weighted by Crippen LogP contribution is -2.23. The summed E-state index contributed by atoms with van der Waals surface area (Å²) in [5, 5.41) is 1.06. The Kier molecular flexibility index (Phi) is 5.69. The van der Waals surface area contributed by atoms with Crippen LogP contribution in [0.1, 0.15) is 0 Å². The minimum atomic E-state index is -1.05. The topological polar surface area (TPSA) is 43.2 Å². The van der Waals surface area contributed by atoms with Crippen molar-refractivity contribution in [1.29, 1.82) is 0 Å². The standard InChI is InChI=1S/C16H23BrN4OSSi/c1-24(2,3)9-7-22-12-21-5-4-13-15(18-11-19-16(13)21)20-6-8-23-14(17)10-20/h4-5,10-11H,6-9,12H2,1-3H3. The molecule has 2 aromatic rings. The molecule has 1 aliphatic heterocycles. The van der Waals surface area contributed by atoms with E-state index in [0.717, 1.165) is 39.6 Å². The monoisotopic (exact) mass is 426 g/mol. The van der Waals surface area contributed by atoms with E-state index < -0.39 is 8.07 Å². The Hall–Kier alpha value is -0.833. The lowest BCUT2D eigenvalue weighted by molar-refractivity contribution is 0.0899. The molecule has 0 unspecified atom stereocenters. The van der Waals surface area contributed by atoms with Gasteiger partial charge in [0.1, 0.15) is 24.5 Å². The SMILES string of the molecule is C[Si](C)(C)CCOCn1ccc2c(N3C=C(Br)SCC3)ncnc21. The Morgan fingerprint density at radius 2 is 2.17 bits per heavy atom. The normalized spacial score (nSPS) is 15.8. The van der Waals surface area contributed by atoms with Crippen LogP contribution in [0, 0.1) is 0 Å². The quantitative estimate of drug-likeness (QED) is 0.502. The fraction of sp³-hybridized carbons (Fsp3) is 0.500. The fourth-order valence-electron chi connectivity index (χ4n) is 2.50. The first kappa shape index (κ1) is 18.0. The van der Waals surface area contributed by atoms with Gasteiger partial charge in [0.05, 0.1) is 9.20 Å². The predicted molar refractivity (Wildman–Crippen MR) is 108 cm³/mol. The number of halogens is 1. The van der Waals surface area contributed by atoms with Crippen LogP contribution < -0.4 is 4.90 Å². The summed E-state index contributed by atoms with van der Waals surface area (Å²) in [5.41, 5.74) is 0.927. The van der Waals surface area contributed by atoms with Crippen molar-refractivity contribution in [2.24, 2.45) is 0 Å². The number of hydrogen-bond donors (Lipinski definition) is 0. The highest BCUT2D eigenvalue weighted by atomic mass is 79.9. The first-order valence-electron chi connectivity index (χ1n) is 8.08. The van der Waals surface area contributed by atoms with E-state index in [2.05, 4.69) is 67.3 Å². The minimum absolute atomic E-state index is 0.541. The van der Waals surface area contributed by atoms with Gasteiger partial charge >= 0.3 is 0 Å². The van der Waals surface area contributed by atoms with E-state index in [1.54, 1.807) is 6.33 Å². The molecule has 0 fully saturated rings. The van der Waals surface area contributed by atoms with Crippen LogP contribution in [0.2, 0.25) is 25.7 Å². The molecule has 0 saturated carbocycles. The number of aromatic nitrogens is 3. The molecule has 8 heteroatoms. The fourth-order valence-corrected chi connectivity index (χ4v) is 4.67. The molecule has 24 heavy (non-hydrogen) atoms. The number of fused-ring (bicyclic) bond motifs is 1. The lowest BCUT2D eigenvalue weighted by atomic mass is 10.3. The second kappa shape index (κ2) is 7.59. The summed E-state index contributed by atoms with van der Waals surface area (Å²) in [4.78, 5) is 11.1. The molecule has 0 atom stereocenters. The van der Waals surface area contributed by atoms with Gasteiger partial charge in [0.15, 0.2) is 0 Å². The van der Waals surface area contributed by atoms with Crippen LogP contribution in [0.4, 0.5) is 5.82 Å². The van der Waals surface area contributed by atoms with Crippen LogP contribution in [0.5, 0.6) is 0 Å². The summed E-state index contributed by atoms with van der Waals surface area (Å²) in [7, 11) is -1.05. The molecule has 1 aliphatic rings. The van der Waals surface area contributed by atoms with Gasteiger partial charge < -0.3 is 14.2 Å². The van der Waals surface area contributed by atoms with Crippen molar-refractivity contribution in [3.05, 3.63) is 28.6 Å². The second-order valence-corrected chi connectivity index (χ2v) is 15.2. The average Bonchev–Trinajstić information content (AvgIpc) is 2.94. The smallest absolute Gasteiger partial charge is 0.147 e. The van der Waals surface area contributed by atoms with Crippen LogP contribution in [0.15, 0.2) is 28.6 Å². The van der Waals surface area contributed by atoms with Gasteiger partial charge in [-0.1, -0.05) is 19.6 Å². The van der Waals surface area contributed by atoms with Crippen molar-refractivity contribution in [3.8, 4) is 0 Å². The number of rotatable bonds is 6. The molecule has 0 saturated heterocycles. The summed E-state index contributed by atoms with van der Waals surface area (Å²) in [6.45, 7) is 9.40. The van der Waals surface area contributed by atoms with E-state index in [9.17, 15) is 0 Å². The average molecular weight is 427 g/mol. The molecule has 0 bridgehead atoms. The third-order valence-electron chi connectivity index (χ3n) is 3.86. The van der Waals surface area contributed by atoms with Gasteiger partial charge in [-0.05, 0) is 28.0 Å². The first-order valence-corrected chi connectivity index (χ1v) is 13.6. The van der Waals surface area contributed by atoms with Crippen LogP contribution in [0.25, 0.3) is 11.0 Å². The number of nitrogens with zero attached hydrogens (tertiary/aromatic N) is 4. The summed E-state index contributed by atoms with van der Waals surface area (Å²) in [5.74, 6) is 2.00. The highest BCUT2D eigenvalue weighted by molar-refractivity contribution is 9.14. The Balaban J connectivity index is 1.76. The largest absolute Gasteiger partial charge is 0.361 e. The molecular formula is C16H23BrN4OSSi. The van der Waals surface area contributed by atoms with Crippen molar-refractivity contribution in [2.45, 2.75) is 32.4 Å². The van der Waals surface area contributed by atoms with Crippen LogP contribution >= 0.6 is 27.7 Å². The van der Waals surface area contributed by atoms with E-state index in [-0.39, 0.29) is 0 Å². The highest BCUT2D eigenvalue weighted by Crippen LogP contribution is 2.32. The molecule has 0 aliphatic carbocycles. The Labute approximate surface area is 156 Å². The van der Waals surface area contributed by atoms with E-state index in [4.69, 9.17) is 4.74 Å². The summed E-state index contributed by atoms with van der Waals surface area (Å²) < 4.78 is 9.06. The second-order valence-electron chi connectivity index (χ2n) is 7.04. The third kappa shape index (κ3) is 4.41.